The number of hydrogen-bond acceptors (Lipinski definition) is 0. The molecule has 0 fully saturated rings. The first-order valence-corrected chi connectivity index (χ1v) is 10.0. The van der Waals surface area contributed by atoms with E-state index in [2.05, 4.69) is 62.4 Å². The summed E-state index contributed by atoms with van der Waals surface area (Å²) in [7, 11) is 0. The van der Waals surface area contributed by atoms with Gasteiger partial charge >= 0.3 is 0 Å². The van der Waals surface area contributed by atoms with E-state index in [0.29, 0.717) is 0 Å². The lowest BCUT2D eigenvalue weighted by molar-refractivity contribution is 0.651. The Balaban J connectivity index is 2.18. The molecule has 0 nitrogen and oxygen atoms in total. The van der Waals surface area contributed by atoms with Crippen molar-refractivity contribution in [2.75, 3.05) is 0 Å². The Morgan fingerprint density at radius 3 is 1.92 bits per heavy atom. The molecule has 0 N–H and O–H groups in total. The normalized spacial score (nSPS) is 10.9. The summed E-state index contributed by atoms with van der Waals surface area (Å²) in [6, 6.07) is 17.9. The second kappa shape index (κ2) is 11.1. The largest absolute Gasteiger partial charge is 0.0654 e. The topological polar surface area (TPSA) is 0 Å². The van der Waals surface area contributed by atoms with Crippen LogP contribution >= 0.6 is 0 Å². The van der Waals surface area contributed by atoms with E-state index in [9.17, 15) is 0 Å². The minimum Gasteiger partial charge on any atom is -0.0654 e. The van der Waals surface area contributed by atoms with Crippen LogP contribution < -0.4 is 0 Å². The lowest BCUT2D eigenvalue weighted by Crippen LogP contribution is -1.99. The van der Waals surface area contributed by atoms with Crippen molar-refractivity contribution in [1.29, 1.82) is 0 Å². The van der Waals surface area contributed by atoms with Crippen molar-refractivity contribution in [3.8, 4) is 11.1 Å². The third kappa shape index (κ3) is 5.82. The van der Waals surface area contributed by atoms with Crippen molar-refractivity contribution in [3.05, 3.63) is 59.7 Å². The van der Waals surface area contributed by atoms with Gasteiger partial charge in [-0.25, -0.2) is 0 Å². The maximum absolute atomic E-state index is 2.37. The van der Waals surface area contributed by atoms with E-state index >= 15 is 0 Å². The molecule has 0 aliphatic carbocycles. The summed E-state index contributed by atoms with van der Waals surface area (Å²) in [4.78, 5) is 0. The van der Waals surface area contributed by atoms with Crippen molar-refractivity contribution >= 4 is 0 Å². The average Bonchev–Trinajstić information content (AvgIpc) is 2.63. The van der Waals surface area contributed by atoms with E-state index in [1.807, 2.05) is 0 Å². The zero-order valence-corrected chi connectivity index (χ0v) is 15.7. The Morgan fingerprint density at radius 2 is 1.25 bits per heavy atom. The highest BCUT2D eigenvalue weighted by atomic mass is 14.1. The van der Waals surface area contributed by atoms with E-state index in [-0.39, 0.29) is 0 Å². The standard InChI is InChI=1S/C24H34/c1-3-5-7-10-15-22-18-14-20-24(21-16-11-9-12-17-21)23(22)19-13-8-6-4-2/h9,11-12,14,16-18,20H,3-8,10,13,15,19H2,1-2H3. The predicted octanol–water partition coefficient (Wildman–Crippen LogP) is 7.60. The van der Waals surface area contributed by atoms with Crippen molar-refractivity contribution in [3.63, 3.8) is 0 Å². The van der Waals surface area contributed by atoms with Gasteiger partial charge in [0.05, 0.1) is 0 Å². The Kier molecular flexibility index (Phi) is 8.66. The molecule has 0 bridgehead atoms. The summed E-state index contributed by atoms with van der Waals surface area (Å²) in [5.41, 5.74) is 6.03. The first-order chi connectivity index (χ1) is 11.9. The van der Waals surface area contributed by atoms with Gasteiger partial charge in [-0.15, -0.1) is 0 Å². The molecule has 0 amide bonds. The molecule has 0 atom stereocenters. The van der Waals surface area contributed by atoms with Gasteiger partial charge in [0.15, 0.2) is 0 Å². The number of aryl methyl sites for hydroxylation is 1. The molecule has 24 heavy (non-hydrogen) atoms. The zero-order chi connectivity index (χ0) is 17.0. The Labute approximate surface area is 149 Å². The van der Waals surface area contributed by atoms with Gasteiger partial charge in [0.2, 0.25) is 0 Å². The van der Waals surface area contributed by atoms with Crippen molar-refractivity contribution < 1.29 is 0 Å². The molecule has 0 saturated heterocycles. The van der Waals surface area contributed by atoms with Gasteiger partial charge in [-0.2, -0.15) is 0 Å². The van der Waals surface area contributed by atoms with Gasteiger partial charge in [-0.05, 0) is 47.9 Å². The molecule has 0 spiro atoms. The highest BCUT2D eigenvalue weighted by Gasteiger charge is 2.10. The predicted molar refractivity (Wildman–Crippen MR) is 108 cm³/mol. The van der Waals surface area contributed by atoms with Gasteiger partial charge in [0.25, 0.3) is 0 Å². The molecular formula is C24H34. The molecule has 0 aliphatic heterocycles. The van der Waals surface area contributed by atoms with Gasteiger partial charge in [-0.3, -0.25) is 0 Å². The Hall–Kier alpha value is -1.56. The number of unbranched alkanes of at least 4 members (excludes halogenated alkanes) is 6. The highest BCUT2D eigenvalue weighted by molar-refractivity contribution is 5.68. The molecular weight excluding hydrogens is 288 g/mol. The molecule has 2 aromatic carbocycles. The van der Waals surface area contributed by atoms with E-state index in [0.717, 1.165) is 0 Å². The number of benzene rings is 2. The molecule has 2 rings (SSSR count). The maximum atomic E-state index is 2.37. The third-order valence-electron chi connectivity index (χ3n) is 4.94. The third-order valence-corrected chi connectivity index (χ3v) is 4.94. The Morgan fingerprint density at radius 1 is 0.583 bits per heavy atom. The molecule has 130 valence electrons. The summed E-state index contributed by atoms with van der Waals surface area (Å²) in [5.74, 6) is 0. The van der Waals surface area contributed by atoms with Crippen molar-refractivity contribution in [2.45, 2.75) is 78.1 Å². The van der Waals surface area contributed by atoms with Crippen LogP contribution in [0.15, 0.2) is 48.5 Å². The fourth-order valence-electron chi connectivity index (χ4n) is 3.52. The van der Waals surface area contributed by atoms with E-state index in [4.69, 9.17) is 0 Å². The smallest absolute Gasteiger partial charge is 0.0149 e. The van der Waals surface area contributed by atoms with Gasteiger partial charge in [-0.1, -0.05) is 101 Å². The van der Waals surface area contributed by atoms with Crippen LogP contribution in [-0.2, 0) is 12.8 Å². The van der Waals surface area contributed by atoms with Crippen molar-refractivity contribution in [2.24, 2.45) is 0 Å². The van der Waals surface area contributed by atoms with E-state index < -0.39 is 0 Å². The molecule has 0 radical (unpaired) electrons. The van der Waals surface area contributed by atoms with E-state index in [1.165, 1.54) is 75.3 Å². The second-order valence-electron chi connectivity index (χ2n) is 6.93. The second-order valence-corrected chi connectivity index (χ2v) is 6.93. The van der Waals surface area contributed by atoms with Crippen LogP contribution in [0.4, 0.5) is 0 Å². The highest BCUT2D eigenvalue weighted by Crippen LogP contribution is 2.29. The molecule has 0 aromatic heterocycles. The number of rotatable bonds is 11. The van der Waals surface area contributed by atoms with Gasteiger partial charge in [0, 0.05) is 0 Å². The summed E-state index contributed by atoms with van der Waals surface area (Å²) < 4.78 is 0. The summed E-state index contributed by atoms with van der Waals surface area (Å²) in [6.45, 7) is 4.58. The summed E-state index contributed by atoms with van der Waals surface area (Å²) in [6.07, 6.45) is 13.2. The van der Waals surface area contributed by atoms with Crippen LogP contribution in [0.25, 0.3) is 11.1 Å². The summed E-state index contributed by atoms with van der Waals surface area (Å²) in [5, 5.41) is 0. The lowest BCUT2D eigenvalue weighted by atomic mass is 9.89. The molecule has 2 aromatic rings. The molecule has 0 heteroatoms. The van der Waals surface area contributed by atoms with Crippen LogP contribution in [0, 0.1) is 0 Å². The minimum absolute atomic E-state index is 1.23. The quantitative estimate of drug-likeness (QED) is 0.374. The van der Waals surface area contributed by atoms with Crippen molar-refractivity contribution in [1.82, 2.24) is 0 Å². The first-order valence-electron chi connectivity index (χ1n) is 10.0. The number of hydrogen-bond donors (Lipinski definition) is 0. The van der Waals surface area contributed by atoms with Crippen LogP contribution in [0.3, 0.4) is 0 Å². The molecule has 0 saturated carbocycles. The SMILES string of the molecule is CCCCCCc1cccc(-c2ccccc2)c1CCCCCC. The van der Waals surface area contributed by atoms with Crippen LogP contribution in [0.1, 0.15) is 76.3 Å². The Bertz CT molecular complexity index is 568. The van der Waals surface area contributed by atoms with Crippen LogP contribution in [0.5, 0.6) is 0 Å². The summed E-state index contributed by atoms with van der Waals surface area (Å²) >= 11 is 0. The zero-order valence-electron chi connectivity index (χ0n) is 15.7. The molecule has 0 heterocycles. The fraction of sp³-hybridized carbons (Fsp3) is 0.500. The van der Waals surface area contributed by atoms with E-state index in [1.54, 1.807) is 11.1 Å². The minimum atomic E-state index is 1.23. The lowest BCUT2D eigenvalue weighted by Gasteiger charge is -2.16. The first kappa shape index (κ1) is 18.8. The fourth-order valence-corrected chi connectivity index (χ4v) is 3.52. The molecule has 0 unspecified atom stereocenters. The van der Waals surface area contributed by atoms with Gasteiger partial charge < -0.3 is 0 Å². The van der Waals surface area contributed by atoms with Gasteiger partial charge in [0.1, 0.15) is 0 Å². The maximum Gasteiger partial charge on any atom is -0.0149 e. The monoisotopic (exact) mass is 322 g/mol. The van der Waals surface area contributed by atoms with Crippen LogP contribution in [0.2, 0.25) is 0 Å². The van der Waals surface area contributed by atoms with Crippen LogP contribution in [-0.4, -0.2) is 0 Å². The molecule has 0 aliphatic rings. The average molecular weight is 323 g/mol.